The first-order chi connectivity index (χ1) is 8.34. The van der Waals surface area contributed by atoms with Crippen molar-refractivity contribution in [3.05, 3.63) is 48.0 Å². The first kappa shape index (κ1) is 10.3. The molecular weight excluding hydrogens is 212 g/mol. The van der Waals surface area contributed by atoms with Crippen molar-refractivity contribution in [2.45, 2.75) is 12.8 Å². The van der Waals surface area contributed by atoms with Gasteiger partial charge in [-0.2, -0.15) is 0 Å². The van der Waals surface area contributed by atoms with E-state index in [0.29, 0.717) is 6.61 Å². The number of fused-ring (bicyclic) bond motifs is 1. The van der Waals surface area contributed by atoms with Crippen molar-refractivity contribution < 1.29 is 9.53 Å². The molecule has 1 saturated heterocycles. The smallest absolute Gasteiger partial charge is 0.309 e. The molecule has 1 aliphatic rings. The van der Waals surface area contributed by atoms with Crippen LogP contribution in [-0.2, 0) is 16.0 Å². The maximum atomic E-state index is 11.5. The van der Waals surface area contributed by atoms with Crippen LogP contribution in [0.15, 0.2) is 42.5 Å². The summed E-state index contributed by atoms with van der Waals surface area (Å²) in [6, 6.07) is 14.6. The Bertz CT molecular complexity index is 554. The summed E-state index contributed by atoms with van der Waals surface area (Å²) < 4.78 is 5.01. The zero-order valence-corrected chi connectivity index (χ0v) is 9.56. The fourth-order valence-corrected chi connectivity index (χ4v) is 2.46. The summed E-state index contributed by atoms with van der Waals surface area (Å²) >= 11 is 0. The third-order valence-electron chi connectivity index (χ3n) is 3.39. The molecule has 2 aromatic carbocycles. The third kappa shape index (κ3) is 1.91. The molecule has 3 rings (SSSR count). The summed E-state index contributed by atoms with van der Waals surface area (Å²) in [4.78, 5) is 11.5. The number of esters is 1. The molecule has 0 N–H and O–H groups in total. The van der Waals surface area contributed by atoms with Gasteiger partial charge in [0.1, 0.15) is 0 Å². The van der Waals surface area contributed by atoms with Gasteiger partial charge in [0.05, 0.1) is 12.5 Å². The van der Waals surface area contributed by atoms with Crippen LogP contribution in [0.25, 0.3) is 10.8 Å². The van der Waals surface area contributed by atoms with E-state index >= 15 is 0 Å². The lowest BCUT2D eigenvalue weighted by Gasteiger charge is -2.09. The Balaban J connectivity index is 1.97. The summed E-state index contributed by atoms with van der Waals surface area (Å²) in [5.41, 5.74) is 1.24. The highest BCUT2D eigenvalue weighted by Gasteiger charge is 2.26. The van der Waals surface area contributed by atoms with Crippen LogP contribution in [0.4, 0.5) is 0 Å². The number of carbonyl (C=O) groups excluding carboxylic acids is 1. The molecule has 17 heavy (non-hydrogen) atoms. The number of hydrogen-bond donors (Lipinski definition) is 0. The normalized spacial score (nSPS) is 19.5. The molecule has 2 heteroatoms. The van der Waals surface area contributed by atoms with E-state index in [1.807, 2.05) is 12.1 Å². The Kier molecular flexibility index (Phi) is 2.56. The second kappa shape index (κ2) is 4.21. The standard InChI is InChI=1S/C15H14O2/c16-15-13(8-9-17-15)10-12-6-3-5-11-4-1-2-7-14(11)12/h1-7,13H,8-10H2. The van der Waals surface area contributed by atoms with Crippen LogP contribution in [0, 0.1) is 5.92 Å². The van der Waals surface area contributed by atoms with Gasteiger partial charge in [0.2, 0.25) is 0 Å². The zero-order valence-electron chi connectivity index (χ0n) is 9.56. The number of carbonyl (C=O) groups is 1. The van der Waals surface area contributed by atoms with E-state index in [4.69, 9.17) is 4.74 Å². The molecule has 1 aliphatic heterocycles. The molecule has 2 aromatic rings. The first-order valence-corrected chi connectivity index (χ1v) is 5.98. The van der Waals surface area contributed by atoms with Crippen molar-refractivity contribution in [1.29, 1.82) is 0 Å². The van der Waals surface area contributed by atoms with Crippen LogP contribution in [-0.4, -0.2) is 12.6 Å². The summed E-state index contributed by atoms with van der Waals surface area (Å²) in [6.07, 6.45) is 1.64. The van der Waals surface area contributed by atoms with Gasteiger partial charge in [0.15, 0.2) is 0 Å². The molecule has 0 bridgehead atoms. The number of cyclic esters (lactones) is 1. The molecule has 0 spiro atoms. The van der Waals surface area contributed by atoms with E-state index < -0.39 is 0 Å². The summed E-state index contributed by atoms with van der Waals surface area (Å²) in [5.74, 6) is -0.00117. The maximum absolute atomic E-state index is 11.5. The van der Waals surface area contributed by atoms with Crippen LogP contribution in [0.1, 0.15) is 12.0 Å². The van der Waals surface area contributed by atoms with Crippen molar-refractivity contribution in [3.8, 4) is 0 Å². The molecule has 86 valence electrons. The molecule has 0 saturated carbocycles. The first-order valence-electron chi connectivity index (χ1n) is 5.98. The lowest BCUT2D eigenvalue weighted by molar-refractivity contribution is -0.141. The Hall–Kier alpha value is -1.83. The van der Waals surface area contributed by atoms with Crippen LogP contribution < -0.4 is 0 Å². The zero-order chi connectivity index (χ0) is 11.7. The summed E-state index contributed by atoms with van der Waals surface area (Å²) in [6.45, 7) is 0.578. The van der Waals surface area contributed by atoms with Crippen LogP contribution >= 0.6 is 0 Å². The molecule has 1 atom stereocenters. The van der Waals surface area contributed by atoms with Crippen molar-refractivity contribution in [2.24, 2.45) is 5.92 Å². The molecule has 0 radical (unpaired) electrons. The highest BCUT2D eigenvalue weighted by atomic mass is 16.5. The quantitative estimate of drug-likeness (QED) is 0.736. The lowest BCUT2D eigenvalue weighted by Crippen LogP contribution is -2.10. The predicted octanol–water partition coefficient (Wildman–Crippen LogP) is 2.95. The molecule has 1 fully saturated rings. The Labute approximate surface area is 100 Å². The predicted molar refractivity (Wildman–Crippen MR) is 66.7 cm³/mol. The average Bonchev–Trinajstić information content (AvgIpc) is 2.76. The molecular formula is C15H14O2. The van der Waals surface area contributed by atoms with Crippen molar-refractivity contribution in [1.82, 2.24) is 0 Å². The van der Waals surface area contributed by atoms with E-state index in [1.54, 1.807) is 0 Å². The van der Waals surface area contributed by atoms with E-state index in [9.17, 15) is 4.79 Å². The van der Waals surface area contributed by atoms with Gasteiger partial charge in [-0.1, -0.05) is 42.5 Å². The highest BCUT2D eigenvalue weighted by molar-refractivity contribution is 5.86. The maximum Gasteiger partial charge on any atom is 0.309 e. The van der Waals surface area contributed by atoms with Gasteiger partial charge in [0, 0.05) is 0 Å². The van der Waals surface area contributed by atoms with Crippen LogP contribution in [0.2, 0.25) is 0 Å². The van der Waals surface area contributed by atoms with Crippen molar-refractivity contribution >= 4 is 16.7 Å². The van der Waals surface area contributed by atoms with E-state index in [-0.39, 0.29) is 11.9 Å². The molecule has 1 unspecified atom stereocenters. The topological polar surface area (TPSA) is 26.3 Å². The van der Waals surface area contributed by atoms with Gasteiger partial charge < -0.3 is 4.74 Å². The number of hydrogen-bond acceptors (Lipinski definition) is 2. The van der Waals surface area contributed by atoms with Gasteiger partial charge in [-0.05, 0) is 29.2 Å². The molecule has 2 nitrogen and oxygen atoms in total. The largest absolute Gasteiger partial charge is 0.465 e. The van der Waals surface area contributed by atoms with Crippen LogP contribution in [0.5, 0.6) is 0 Å². The number of ether oxygens (including phenoxy) is 1. The summed E-state index contributed by atoms with van der Waals surface area (Å²) in [7, 11) is 0. The monoisotopic (exact) mass is 226 g/mol. The Morgan fingerprint density at radius 3 is 2.76 bits per heavy atom. The van der Waals surface area contributed by atoms with Crippen molar-refractivity contribution in [3.63, 3.8) is 0 Å². The van der Waals surface area contributed by atoms with Gasteiger partial charge in [-0.15, -0.1) is 0 Å². The van der Waals surface area contributed by atoms with E-state index in [1.165, 1.54) is 16.3 Å². The van der Waals surface area contributed by atoms with Crippen molar-refractivity contribution in [2.75, 3.05) is 6.61 Å². The van der Waals surface area contributed by atoms with Crippen LogP contribution in [0.3, 0.4) is 0 Å². The Morgan fingerprint density at radius 1 is 1.12 bits per heavy atom. The fourth-order valence-electron chi connectivity index (χ4n) is 2.46. The fraction of sp³-hybridized carbons (Fsp3) is 0.267. The molecule has 1 heterocycles. The highest BCUT2D eigenvalue weighted by Crippen LogP contribution is 2.25. The van der Waals surface area contributed by atoms with Gasteiger partial charge in [-0.3, -0.25) is 4.79 Å². The summed E-state index contributed by atoms with van der Waals surface area (Å²) in [5, 5.41) is 2.48. The Morgan fingerprint density at radius 2 is 1.94 bits per heavy atom. The van der Waals surface area contributed by atoms with Gasteiger partial charge in [-0.25, -0.2) is 0 Å². The minimum atomic E-state index is -0.0436. The van der Waals surface area contributed by atoms with E-state index in [0.717, 1.165) is 12.8 Å². The molecule has 0 aliphatic carbocycles. The molecule has 0 amide bonds. The number of benzene rings is 2. The SMILES string of the molecule is O=C1OCCC1Cc1cccc2ccccc12. The third-order valence-corrected chi connectivity index (χ3v) is 3.39. The lowest BCUT2D eigenvalue weighted by atomic mass is 9.94. The average molecular weight is 226 g/mol. The second-order valence-electron chi connectivity index (χ2n) is 4.50. The second-order valence-corrected chi connectivity index (χ2v) is 4.50. The minimum absolute atomic E-state index is 0.0424. The van der Waals surface area contributed by atoms with Gasteiger partial charge >= 0.3 is 5.97 Å². The minimum Gasteiger partial charge on any atom is -0.465 e. The van der Waals surface area contributed by atoms with Gasteiger partial charge in [0.25, 0.3) is 0 Å². The molecule has 0 aromatic heterocycles. The number of rotatable bonds is 2. The van der Waals surface area contributed by atoms with E-state index in [2.05, 4.69) is 30.3 Å².